The average Bonchev–Trinajstić information content (AvgIpc) is 3.07. The zero-order chi connectivity index (χ0) is 21.1. The number of esters is 1. The van der Waals surface area contributed by atoms with E-state index in [0.29, 0.717) is 21.6 Å². The first-order valence-electron chi connectivity index (χ1n) is 8.83. The summed E-state index contributed by atoms with van der Waals surface area (Å²) in [5.41, 5.74) is 7.96. The number of aromatic nitrogens is 1. The van der Waals surface area contributed by atoms with Gasteiger partial charge >= 0.3 is 5.97 Å². The van der Waals surface area contributed by atoms with Crippen molar-refractivity contribution in [1.29, 1.82) is 0 Å². The number of hydrogen-bond acceptors (Lipinski definition) is 4. The molecule has 4 N–H and O–H groups in total. The number of nitrogens with two attached hydrogens (primary N) is 1. The van der Waals surface area contributed by atoms with Gasteiger partial charge < -0.3 is 20.8 Å². The molecule has 0 aliphatic rings. The van der Waals surface area contributed by atoms with E-state index in [1.165, 1.54) is 6.07 Å². The molecule has 1 heterocycles. The molecule has 3 aromatic rings. The largest absolute Gasteiger partial charge is 0.461 e. The number of ether oxygens (including phenoxy) is 1. The molecule has 0 unspecified atom stereocenters. The zero-order valence-corrected chi connectivity index (χ0v) is 17.2. The van der Waals surface area contributed by atoms with Gasteiger partial charge in [-0.05, 0) is 30.7 Å². The van der Waals surface area contributed by atoms with Crippen LogP contribution in [0.15, 0.2) is 43.0 Å². The molecule has 29 heavy (non-hydrogen) atoms. The monoisotopic (exact) mass is 431 g/mol. The van der Waals surface area contributed by atoms with Crippen molar-refractivity contribution in [2.45, 2.75) is 13.5 Å². The van der Waals surface area contributed by atoms with E-state index in [4.69, 9.17) is 33.7 Å². The minimum atomic E-state index is -0.623. The fourth-order valence-electron chi connectivity index (χ4n) is 3.04. The Morgan fingerprint density at radius 3 is 2.66 bits per heavy atom. The first kappa shape index (κ1) is 20.9. The van der Waals surface area contributed by atoms with E-state index in [0.717, 1.165) is 5.56 Å². The molecular formula is C21H19Cl2N3O3. The molecule has 0 saturated heterocycles. The molecule has 0 aliphatic heterocycles. The lowest BCUT2D eigenvalue weighted by molar-refractivity contribution is -0.111. The van der Waals surface area contributed by atoms with Crippen molar-refractivity contribution in [3.8, 4) is 0 Å². The molecule has 0 radical (unpaired) electrons. The third kappa shape index (κ3) is 4.15. The fraction of sp³-hybridized carbons (Fsp3) is 0.143. The Morgan fingerprint density at radius 1 is 1.24 bits per heavy atom. The molecule has 8 heteroatoms. The van der Waals surface area contributed by atoms with Crippen molar-refractivity contribution in [3.05, 3.63) is 69.8 Å². The van der Waals surface area contributed by atoms with Crippen LogP contribution in [0.1, 0.15) is 28.5 Å². The summed E-state index contributed by atoms with van der Waals surface area (Å²) in [6.45, 7) is 6.02. The molecule has 0 aliphatic carbocycles. The van der Waals surface area contributed by atoms with Crippen molar-refractivity contribution < 1.29 is 14.3 Å². The Hall–Kier alpha value is -2.80. The van der Waals surface area contributed by atoms with Crippen molar-refractivity contribution in [2.24, 2.45) is 5.73 Å². The highest BCUT2D eigenvalue weighted by atomic mass is 35.5. The van der Waals surface area contributed by atoms with E-state index in [1.54, 1.807) is 25.1 Å². The van der Waals surface area contributed by atoms with Gasteiger partial charge in [-0.15, -0.1) is 0 Å². The number of carbonyl (C=O) groups excluding carboxylic acids is 2. The summed E-state index contributed by atoms with van der Waals surface area (Å²) in [5.74, 6) is -1.12. The molecule has 0 bridgehead atoms. The van der Waals surface area contributed by atoms with E-state index >= 15 is 0 Å². The van der Waals surface area contributed by atoms with Crippen LogP contribution in [-0.2, 0) is 16.1 Å². The van der Waals surface area contributed by atoms with Crippen LogP contribution in [0.4, 0.5) is 5.69 Å². The molecule has 6 nitrogen and oxygen atoms in total. The first-order chi connectivity index (χ1) is 13.9. The Labute approximate surface area is 177 Å². The number of H-pyrrole nitrogens is 1. The number of anilines is 1. The van der Waals surface area contributed by atoms with Crippen molar-refractivity contribution in [2.75, 3.05) is 11.9 Å². The highest BCUT2D eigenvalue weighted by Gasteiger charge is 2.26. The number of carbonyl (C=O) groups is 2. The highest BCUT2D eigenvalue weighted by Crippen LogP contribution is 2.36. The van der Waals surface area contributed by atoms with E-state index in [1.807, 2.05) is 12.1 Å². The predicted molar refractivity (Wildman–Crippen MR) is 116 cm³/mol. The molecule has 0 spiro atoms. The molecule has 1 amide bonds. The lowest BCUT2D eigenvalue weighted by Gasteiger charge is -2.12. The highest BCUT2D eigenvalue weighted by molar-refractivity contribution is 6.40. The van der Waals surface area contributed by atoms with Gasteiger partial charge in [-0.1, -0.05) is 48.0 Å². The van der Waals surface area contributed by atoms with Crippen LogP contribution in [0.3, 0.4) is 0 Å². The Balaban J connectivity index is 2.09. The van der Waals surface area contributed by atoms with Crippen LogP contribution < -0.4 is 11.1 Å². The molecule has 2 aromatic carbocycles. The van der Waals surface area contributed by atoms with Crippen molar-refractivity contribution in [3.63, 3.8) is 0 Å². The molecule has 0 atom stereocenters. The van der Waals surface area contributed by atoms with Crippen molar-refractivity contribution in [1.82, 2.24) is 4.98 Å². The van der Waals surface area contributed by atoms with E-state index in [-0.39, 0.29) is 35.0 Å². The molecule has 0 saturated carbocycles. The Bertz CT molecular complexity index is 1120. The number of para-hydroxylation sites is 1. The Morgan fingerprint density at radius 2 is 1.97 bits per heavy atom. The number of amides is 1. The lowest BCUT2D eigenvalue weighted by Crippen LogP contribution is -2.17. The van der Waals surface area contributed by atoms with Gasteiger partial charge in [0.15, 0.2) is 0 Å². The van der Waals surface area contributed by atoms with E-state index in [2.05, 4.69) is 16.9 Å². The number of halogens is 2. The Kier molecular flexibility index (Phi) is 6.27. The van der Waals surface area contributed by atoms with Gasteiger partial charge in [-0.2, -0.15) is 0 Å². The van der Waals surface area contributed by atoms with Crippen LogP contribution in [0.25, 0.3) is 16.5 Å². The third-order valence-electron chi connectivity index (χ3n) is 4.36. The van der Waals surface area contributed by atoms with Gasteiger partial charge in [0.2, 0.25) is 0 Å². The SMILES string of the molecule is C=C(C(=O)Nc1ccccc1CN)c1c(C(=O)OCC)[nH]c2cc(Cl)cc(Cl)c12. The second kappa shape index (κ2) is 8.69. The number of hydrogen-bond donors (Lipinski definition) is 3. The number of nitrogens with one attached hydrogen (secondary N) is 2. The minimum Gasteiger partial charge on any atom is -0.461 e. The molecule has 0 fully saturated rings. The smallest absolute Gasteiger partial charge is 0.355 e. The number of rotatable bonds is 6. The van der Waals surface area contributed by atoms with Crippen LogP contribution in [-0.4, -0.2) is 23.5 Å². The molecular weight excluding hydrogens is 413 g/mol. The zero-order valence-electron chi connectivity index (χ0n) is 15.6. The summed E-state index contributed by atoms with van der Waals surface area (Å²) < 4.78 is 5.12. The van der Waals surface area contributed by atoms with Crippen LogP contribution in [0, 0.1) is 0 Å². The summed E-state index contributed by atoms with van der Waals surface area (Å²) in [6.07, 6.45) is 0. The summed E-state index contributed by atoms with van der Waals surface area (Å²) in [5, 5.41) is 3.92. The molecule has 3 rings (SSSR count). The second-order valence-electron chi connectivity index (χ2n) is 6.20. The second-order valence-corrected chi connectivity index (χ2v) is 7.04. The average molecular weight is 432 g/mol. The van der Waals surface area contributed by atoms with Gasteiger partial charge in [-0.3, -0.25) is 4.79 Å². The maximum absolute atomic E-state index is 12.9. The van der Waals surface area contributed by atoms with Gasteiger partial charge in [0.05, 0.1) is 11.6 Å². The van der Waals surface area contributed by atoms with Gasteiger partial charge in [0.1, 0.15) is 5.69 Å². The third-order valence-corrected chi connectivity index (χ3v) is 4.87. The fourth-order valence-corrected chi connectivity index (χ4v) is 3.63. The lowest BCUT2D eigenvalue weighted by atomic mass is 10.0. The minimum absolute atomic E-state index is 0.0512. The maximum atomic E-state index is 12.9. The number of benzene rings is 2. The molecule has 150 valence electrons. The molecule has 1 aromatic heterocycles. The van der Waals surface area contributed by atoms with Crippen LogP contribution in [0.5, 0.6) is 0 Å². The van der Waals surface area contributed by atoms with Gasteiger partial charge in [-0.25, -0.2) is 4.79 Å². The maximum Gasteiger partial charge on any atom is 0.355 e. The van der Waals surface area contributed by atoms with Crippen LogP contribution in [0.2, 0.25) is 10.0 Å². The predicted octanol–water partition coefficient (Wildman–Crippen LogP) is 4.76. The number of aromatic amines is 1. The van der Waals surface area contributed by atoms with Gasteiger partial charge in [0, 0.05) is 39.3 Å². The summed E-state index contributed by atoms with van der Waals surface area (Å²) in [7, 11) is 0. The summed E-state index contributed by atoms with van der Waals surface area (Å²) in [4.78, 5) is 28.4. The standard InChI is InChI=1S/C21H19Cl2N3O3/c1-3-29-21(28)19-17(18-14(23)8-13(22)9-16(18)25-19)11(2)20(27)26-15-7-5-4-6-12(15)10-24/h4-9,25H,2-3,10,24H2,1H3,(H,26,27). The first-order valence-corrected chi connectivity index (χ1v) is 9.59. The normalized spacial score (nSPS) is 10.8. The van der Waals surface area contributed by atoms with Gasteiger partial charge in [0.25, 0.3) is 5.91 Å². The summed E-state index contributed by atoms with van der Waals surface area (Å²) in [6, 6.07) is 10.3. The summed E-state index contributed by atoms with van der Waals surface area (Å²) >= 11 is 12.4. The van der Waals surface area contributed by atoms with E-state index in [9.17, 15) is 9.59 Å². The van der Waals surface area contributed by atoms with E-state index < -0.39 is 11.9 Å². The van der Waals surface area contributed by atoms with Crippen molar-refractivity contribution >= 4 is 57.2 Å². The quantitative estimate of drug-likeness (QED) is 0.386. The topological polar surface area (TPSA) is 97.2 Å². The number of fused-ring (bicyclic) bond motifs is 1. The van der Waals surface area contributed by atoms with Crippen LogP contribution >= 0.6 is 23.2 Å².